The molecule has 2 rings (SSSR count). The summed E-state index contributed by atoms with van der Waals surface area (Å²) in [6, 6.07) is 7.92. The average Bonchev–Trinajstić information content (AvgIpc) is 2.48. The predicted octanol–water partition coefficient (Wildman–Crippen LogP) is 2.01. The predicted molar refractivity (Wildman–Crippen MR) is 75.4 cm³/mol. The molecule has 1 aliphatic heterocycles. The molecule has 1 unspecified atom stereocenters. The lowest BCUT2D eigenvalue weighted by molar-refractivity contribution is -0.00385. The lowest BCUT2D eigenvalue weighted by atomic mass is 10.2. The van der Waals surface area contributed by atoms with Crippen molar-refractivity contribution in [2.75, 3.05) is 45.9 Å². The summed E-state index contributed by atoms with van der Waals surface area (Å²) in [5, 5.41) is 0. The van der Waals surface area contributed by atoms with E-state index in [1.54, 1.807) is 7.11 Å². The Kier molecular flexibility index (Phi) is 5.76. The van der Waals surface area contributed by atoms with Gasteiger partial charge in [-0.05, 0) is 24.3 Å². The van der Waals surface area contributed by atoms with Gasteiger partial charge < -0.3 is 14.2 Å². The molecule has 0 bridgehead atoms. The second-order valence-corrected chi connectivity index (χ2v) is 4.75. The maximum atomic E-state index is 5.93. The Morgan fingerprint density at radius 3 is 2.74 bits per heavy atom. The average molecular weight is 286 g/mol. The van der Waals surface area contributed by atoms with Crippen molar-refractivity contribution in [1.29, 1.82) is 0 Å². The molecule has 1 aliphatic rings. The van der Waals surface area contributed by atoms with Crippen LogP contribution in [0.25, 0.3) is 0 Å². The van der Waals surface area contributed by atoms with Crippen molar-refractivity contribution in [3.05, 3.63) is 24.3 Å². The van der Waals surface area contributed by atoms with Gasteiger partial charge in [0.2, 0.25) is 0 Å². The van der Waals surface area contributed by atoms with Crippen LogP contribution in [0, 0.1) is 0 Å². The normalized spacial score (nSPS) is 20.2. The summed E-state index contributed by atoms with van der Waals surface area (Å²) in [6.07, 6.45) is 0. The summed E-state index contributed by atoms with van der Waals surface area (Å²) in [7, 11) is 1.65. The van der Waals surface area contributed by atoms with Gasteiger partial charge in [0.25, 0.3) is 0 Å². The van der Waals surface area contributed by atoms with Gasteiger partial charge in [-0.3, -0.25) is 4.90 Å². The fourth-order valence-electron chi connectivity index (χ4n) is 2.08. The lowest BCUT2D eigenvalue weighted by Crippen LogP contribution is -2.48. The van der Waals surface area contributed by atoms with E-state index in [1.165, 1.54) is 0 Å². The maximum Gasteiger partial charge on any atom is 0.119 e. The van der Waals surface area contributed by atoms with Crippen LogP contribution in [0.2, 0.25) is 0 Å². The molecule has 1 atom stereocenters. The van der Waals surface area contributed by atoms with Gasteiger partial charge in [0.05, 0.1) is 20.3 Å². The van der Waals surface area contributed by atoms with E-state index in [4.69, 9.17) is 25.8 Å². The van der Waals surface area contributed by atoms with Crippen molar-refractivity contribution >= 4 is 11.6 Å². The van der Waals surface area contributed by atoms with Crippen LogP contribution < -0.4 is 9.47 Å². The van der Waals surface area contributed by atoms with Crippen LogP contribution in [0.4, 0.5) is 0 Å². The van der Waals surface area contributed by atoms with E-state index in [-0.39, 0.29) is 0 Å². The summed E-state index contributed by atoms with van der Waals surface area (Å²) < 4.78 is 16.2. The fourth-order valence-corrected chi connectivity index (χ4v) is 2.36. The van der Waals surface area contributed by atoms with Crippen LogP contribution in [0.1, 0.15) is 0 Å². The zero-order chi connectivity index (χ0) is 13.5. The number of hydrogen-bond donors (Lipinski definition) is 0. The number of rotatable bonds is 6. The number of halogens is 1. The molecule has 4 nitrogen and oxygen atoms in total. The van der Waals surface area contributed by atoms with Gasteiger partial charge in [-0.2, -0.15) is 0 Å². The molecular formula is C14H20ClNO3. The fraction of sp³-hybridized carbons (Fsp3) is 0.571. The SMILES string of the molecule is COc1ccc(OCCN2CCOCC2CCl)cc1. The monoisotopic (exact) mass is 285 g/mol. The quantitative estimate of drug-likeness (QED) is 0.748. The number of nitrogens with zero attached hydrogens (tertiary/aromatic N) is 1. The number of alkyl halides is 1. The van der Waals surface area contributed by atoms with Gasteiger partial charge in [-0.1, -0.05) is 0 Å². The molecule has 1 heterocycles. The van der Waals surface area contributed by atoms with Gasteiger partial charge in [-0.25, -0.2) is 0 Å². The third kappa shape index (κ3) is 4.27. The molecule has 1 aromatic carbocycles. The first-order chi connectivity index (χ1) is 9.33. The number of morpholine rings is 1. The van der Waals surface area contributed by atoms with E-state index in [0.717, 1.165) is 31.2 Å². The van der Waals surface area contributed by atoms with Crippen LogP contribution in [0.15, 0.2) is 24.3 Å². The zero-order valence-corrected chi connectivity index (χ0v) is 11.9. The van der Waals surface area contributed by atoms with Gasteiger partial charge in [0, 0.05) is 25.0 Å². The van der Waals surface area contributed by atoms with Crippen LogP contribution >= 0.6 is 11.6 Å². The molecule has 0 spiro atoms. The minimum atomic E-state index is 0.301. The van der Waals surface area contributed by atoms with Crippen LogP contribution in [-0.4, -0.2) is 56.8 Å². The van der Waals surface area contributed by atoms with Gasteiger partial charge in [-0.15, -0.1) is 11.6 Å². The highest BCUT2D eigenvalue weighted by Gasteiger charge is 2.21. The highest BCUT2D eigenvalue weighted by atomic mass is 35.5. The topological polar surface area (TPSA) is 30.9 Å². The Morgan fingerprint density at radius 1 is 1.32 bits per heavy atom. The molecule has 0 N–H and O–H groups in total. The van der Waals surface area contributed by atoms with Crippen LogP contribution in [0.3, 0.4) is 0 Å². The van der Waals surface area contributed by atoms with Crippen molar-refractivity contribution in [3.63, 3.8) is 0 Å². The molecule has 0 aromatic heterocycles. The van der Waals surface area contributed by atoms with Gasteiger partial charge in [0.1, 0.15) is 18.1 Å². The first-order valence-electron chi connectivity index (χ1n) is 6.48. The van der Waals surface area contributed by atoms with Crippen LogP contribution in [-0.2, 0) is 4.74 Å². The Bertz CT molecular complexity index is 371. The first kappa shape index (κ1) is 14.4. The molecule has 0 saturated carbocycles. The summed E-state index contributed by atoms with van der Waals surface area (Å²) in [5.41, 5.74) is 0. The molecule has 1 fully saturated rings. The minimum Gasteiger partial charge on any atom is -0.497 e. The van der Waals surface area contributed by atoms with Gasteiger partial charge in [0.15, 0.2) is 0 Å². The van der Waals surface area contributed by atoms with E-state index >= 15 is 0 Å². The molecule has 0 radical (unpaired) electrons. The standard InChI is InChI=1S/C14H20ClNO3/c1-17-13-2-4-14(5-3-13)19-9-7-16-6-8-18-11-12(16)10-15/h2-5,12H,6-11H2,1H3. The number of hydrogen-bond acceptors (Lipinski definition) is 4. The summed E-state index contributed by atoms with van der Waals surface area (Å²) in [6.45, 7) is 3.93. The van der Waals surface area contributed by atoms with Crippen molar-refractivity contribution in [1.82, 2.24) is 4.90 Å². The van der Waals surface area contributed by atoms with E-state index in [2.05, 4.69) is 4.90 Å². The van der Waals surface area contributed by atoms with E-state index in [9.17, 15) is 0 Å². The minimum absolute atomic E-state index is 0.301. The van der Waals surface area contributed by atoms with Crippen molar-refractivity contribution in [2.24, 2.45) is 0 Å². The zero-order valence-electron chi connectivity index (χ0n) is 11.2. The highest BCUT2D eigenvalue weighted by molar-refractivity contribution is 6.18. The second-order valence-electron chi connectivity index (χ2n) is 4.44. The van der Waals surface area contributed by atoms with Crippen LogP contribution in [0.5, 0.6) is 11.5 Å². The Morgan fingerprint density at radius 2 is 2.05 bits per heavy atom. The first-order valence-corrected chi connectivity index (χ1v) is 7.01. The van der Waals surface area contributed by atoms with E-state index in [1.807, 2.05) is 24.3 Å². The van der Waals surface area contributed by atoms with Gasteiger partial charge >= 0.3 is 0 Å². The molecule has 19 heavy (non-hydrogen) atoms. The Hall–Kier alpha value is -0.970. The third-order valence-electron chi connectivity index (χ3n) is 3.23. The molecule has 0 aliphatic carbocycles. The smallest absolute Gasteiger partial charge is 0.119 e. The molecule has 106 valence electrons. The number of benzene rings is 1. The highest BCUT2D eigenvalue weighted by Crippen LogP contribution is 2.17. The summed E-state index contributed by atoms with van der Waals surface area (Å²) >= 11 is 5.93. The second kappa shape index (κ2) is 7.58. The third-order valence-corrected chi connectivity index (χ3v) is 3.59. The summed E-state index contributed by atoms with van der Waals surface area (Å²) in [4.78, 5) is 2.32. The largest absolute Gasteiger partial charge is 0.497 e. The molecular weight excluding hydrogens is 266 g/mol. The number of ether oxygens (including phenoxy) is 3. The Balaban J connectivity index is 1.75. The van der Waals surface area contributed by atoms with Crippen molar-refractivity contribution in [2.45, 2.75) is 6.04 Å². The van der Waals surface area contributed by atoms with E-state index in [0.29, 0.717) is 25.1 Å². The molecule has 1 saturated heterocycles. The Labute approximate surface area is 119 Å². The molecule has 5 heteroatoms. The molecule has 1 aromatic rings. The summed E-state index contributed by atoms with van der Waals surface area (Å²) in [5.74, 6) is 2.29. The van der Waals surface area contributed by atoms with Crippen molar-refractivity contribution < 1.29 is 14.2 Å². The van der Waals surface area contributed by atoms with Crippen molar-refractivity contribution in [3.8, 4) is 11.5 Å². The number of methoxy groups -OCH3 is 1. The van der Waals surface area contributed by atoms with E-state index < -0.39 is 0 Å². The maximum absolute atomic E-state index is 5.93. The molecule has 0 amide bonds. The lowest BCUT2D eigenvalue weighted by Gasteiger charge is -2.34.